The van der Waals surface area contributed by atoms with E-state index in [0.717, 1.165) is 16.7 Å². The van der Waals surface area contributed by atoms with E-state index in [1.807, 2.05) is 84.2 Å². The third-order valence-electron chi connectivity index (χ3n) is 14.7. The molecule has 4 aromatic carbocycles. The summed E-state index contributed by atoms with van der Waals surface area (Å²) in [6.07, 6.45) is 5.93. The standard InChI is InChI=1S/C61H70N16O7P2S/c1-42(2)77(43(3)4)85(79-31-19-29-62)80-35-50-49(34-53(83-50)76-41-69-55-57(65-38-67-59(55)76)71-60(78)44-21-11-7-12-22-44)73-86(87,81-32-20-30-63)82-36-51-48(33-52(84-51)75-40-68-54-56(70-39-74(5)6)64-37-66-58(54)75)72-61(45-23-13-8-14-24-45,46-25-15-9-16-26-46)47-27-17-10-18-28-47/h7-18,21-28,37-43,48-53,72H,19-20,31-36H2,1-6H3,(H,73,87)(H,65,67,71,78)/b70-39-/t48-,49-,50?,51?,52-,53-,85?,86?/m1/s1. The largest absolute Gasteiger partial charge is 0.369 e. The second kappa shape index (κ2) is 29.1. The quantitative estimate of drug-likeness (QED) is 0.0135. The summed E-state index contributed by atoms with van der Waals surface area (Å²) in [6, 6.07) is 43.2. The van der Waals surface area contributed by atoms with Gasteiger partial charge in [0.25, 0.3) is 21.1 Å². The van der Waals surface area contributed by atoms with Gasteiger partial charge in [0.05, 0.1) is 88.1 Å². The van der Waals surface area contributed by atoms with E-state index < -0.39 is 57.5 Å². The first kappa shape index (κ1) is 62.7. The lowest BCUT2D eigenvalue weighted by Gasteiger charge is -2.40. The Morgan fingerprint density at radius 2 is 1.25 bits per heavy atom. The van der Waals surface area contributed by atoms with Crippen molar-refractivity contribution in [1.29, 1.82) is 10.5 Å². The molecular formula is C61H70N16O7P2S. The molecule has 452 valence electrons. The molecule has 8 aromatic rings. The Kier molecular flexibility index (Phi) is 20.9. The predicted octanol–water partition coefficient (Wildman–Crippen LogP) is 10.1. The van der Waals surface area contributed by atoms with E-state index in [2.05, 4.69) is 117 Å². The van der Waals surface area contributed by atoms with Crippen LogP contribution in [0.25, 0.3) is 22.3 Å². The van der Waals surface area contributed by atoms with Gasteiger partial charge in [0.1, 0.15) is 25.1 Å². The van der Waals surface area contributed by atoms with Crippen LogP contribution in [0.5, 0.6) is 0 Å². The molecule has 87 heavy (non-hydrogen) atoms. The molecule has 2 aliphatic rings. The van der Waals surface area contributed by atoms with Crippen LogP contribution in [0, 0.1) is 22.7 Å². The van der Waals surface area contributed by atoms with Crippen LogP contribution in [0.1, 0.15) is 92.9 Å². The smallest absolute Gasteiger partial charge is 0.261 e. The zero-order valence-corrected chi connectivity index (χ0v) is 51.8. The number of carbonyl (C=O) groups is 1. The van der Waals surface area contributed by atoms with Gasteiger partial charge < -0.3 is 37.8 Å². The third kappa shape index (κ3) is 14.6. The second-order valence-electron chi connectivity index (χ2n) is 21.5. The highest BCUT2D eigenvalue weighted by Crippen LogP contribution is 2.51. The Labute approximate surface area is 512 Å². The molecule has 2 aliphatic heterocycles. The zero-order chi connectivity index (χ0) is 60.9. The van der Waals surface area contributed by atoms with Crippen molar-refractivity contribution in [3.8, 4) is 12.1 Å². The Morgan fingerprint density at radius 3 is 1.83 bits per heavy atom. The number of imidazole rings is 2. The molecule has 0 bridgehead atoms. The average Bonchev–Trinajstić information content (AvgIpc) is 2.04. The zero-order valence-electron chi connectivity index (χ0n) is 49.2. The first-order valence-electron chi connectivity index (χ1n) is 28.7. The number of hydrogen-bond donors (Lipinski definition) is 3. The summed E-state index contributed by atoms with van der Waals surface area (Å²) < 4.78 is 46.7. The number of nitriles is 2. The minimum absolute atomic E-state index is 0.0143. The highest BCUT2D eigenvalue weighted by Gasteiger charge is 2.47. The van der Waals surface area contributed by atoms with Gasteiger partial charge in [0, 0.05) is 56.7 Å². The molecule has 23 nitrogen and oxygen atoms in total. The molecule has 0 radical (unpaired) electrons. The van der Waals surface area contributed by atoms with Crippen LogP contribution in [-0.2, 0) is 44.9 Å². The van der Waals surface area contributed by atoms with Gasteiger partial charge in [-0.15, -0.1) is 0 Å². The number of benzene rings is 4. The summed E-state index contributed by atoms with van der Waals surface area (Å²) in [7, 11) is 2.06. The van der Waals surface area contributed by atoms with Crippen molar-refractivity contribution < 1.29 is 32.4 Å². The summed E-state index contributed by atoms with van der Waals surface area (Å²) in [5.74, 6) is 0.277. The Bertz CT molecular complexity index is 3620. The van der Waals surface area contributed by atoms with Crippen molar-refractivity contribution >= 4 is 73.2 Å². The SMILES string of the molecule is CC(C)N(C(C)C)P(OCCC#N)OCC1O[C@@H](n2cnc3c(NC(=O)c4ccccc4)ncnc32)C[C@H]1NP(=S)(OCCC#N)OCC1O[C@@H](n2cnc3c(/N=C\N(C)C)ncnc32)C[C@H]1NC(c1ccccc1)(c1ccccc1)c1ccccc1. The van der Waals surface area contributed by atoms with Crippen LogP contribution in [0.2, 0.25) is 0 Å². The molecule has 10 rings (SSSR count). The number of nitrogens with one attached hydrogen (secondary N) is 3. The summed E-state index contributed by atoms with van der Waals surface area (Å²) in [5, 5.41) is 30.1. The van der Waals surface area contributed by atoms with Crippen LogP contribution in [0.15, 0.2) is 152 Å². The Hall–Kier alpha value is -7.38. The molecule has 2 fully saturated rings. The fraction of sp³-hybridized carbons (Fsp3) is 0.377. The maximum absolute atomic E-state index is 13.4. The van der Waals surface area contributed by atoms with Crippen LogP contribution in [-0.4, -0.2) is 138 Å². The topological polar surface area (TPSA) is 262 Å². The van der Waals surface area contributed by atoms with Crippen LogP contribution in [0.4, 0.5) is 11.6 Å². The molecule has 6 heterocycles. The van der Waals surface area contributed by atoms with Gasteiger partial charge in [-0.05, 0) is 68.3 Å². The van der Waals surface area contributed by atoms with Crippen LogP contribution >= 0.6 is 15.2 Å². The third-order valence-corrected chi connectivity index (χ3v) is 19.4. The summed E-state index contributed by atoms with van der Waals surface area (Å²) >= 11 is 6.56. The van der Waals surface area contributed by atoms with Crippen LogP contribution < -0.4 is 15.7 Å². The van der Waals surface area contributed by atoms with Crippen molar-refractivity contribution in [2.24, 2.45) is 4.99 Å². The number of amides is 1. The van der Waals surface area contributed by atoms with Gasteiger partial charge in [-0.3, -0.25) is 19.2 Å². The molecule has 0 aliphatic carbocycles. The van der Waals surface area contributed by atoms with Crippen molar-refractivity contribution in [1.82, 2.24) is 59.0 Å². The van der Waals surface area contributed by atoms with E-state index in [1.165, 1.54) is 12.7 Å². The first-order valence-corrected chi connectivity index (χ1v) is 32.5. The van der Waals surface area contributed by atoms with Crippen molar-refractivity contribution in [3.05, 3.63) is 169 Å². The van der Waals surface area contributed by atoms with Crippen molar-refractivity contribution in [2.75, 3.05) is 45.8 Å². The average molecular weight is 1230 g/mol. The number of ether oxygens (including phenoxy) is 2. The van der Waals surface area contributed by atoms with Gasteiger partial charge in [-0.1, -0.05) is 109 Å². The number of nitrogens with zero attached hydrogens (tertiary/aromatic N) is 13. The van der Waals surface area contributed by atoms with E-state index in [-0.39, 0.29) is 69.5 Å². The number of fused-ring (bicyclic) bond motifs is 2. The maximum atomic E-state index is 13.4. The number of anilines is 1. The number of aliphatic imine (C=N–C) groups is 1. The Balaban J connectivity index is 1.00. The monoisotopic (exact) mass is 1230 g/mol. The van der Waals surface area contributed by atoms with Crippen molar-refractivity contribution in [2.45, 2.75) is 108 Å². The summed E-state index contributed by atoms with van der Waals surface area (Å²) in [4.78, 5) is 47.4. The molecule has 1 amide bonds. The normalized spacial score (nSPS) is 19.9. The van der Waals surface area contributed by atoms with E-state index in [9.17, 15) is 15.3 Å². The van der Waals surface area contributed by atoms with E-state index in [0.29, 0.717) is 40.1 Å². The summed E-state index contributed by atoms with van der Waals surface area (Å²) in [5.41, 5.74) is 4.33. The molecular weight excluding hydrogens is 1160 g/mol. The molecule has 2 saturated heterocycles. The minimum atomic E-state index is -3.65. The van der Waals surface area contributed by atoms with Crippen molar-refractivity contribution in [3.63, 3.8) is 0 Å². The molecule has 3 N–H and O–H groups in total. The number of rotatable bonds is 28. The lowest BCUT2D eigenvalue weighted by molar-refractivity contribution is -0.0252. The molecule has 0 spiro atoms. The Morgan fingerprint density at radius 1 is 0.724 bits per heavy atom. The molecule has 4 aromatic heterocycles. The molecule has 0 saturated carbocycles. The highest BCUT2D eigenvalue weighted by molar-refractivity contribution is 8.09. The first-order chi connectivity index (χ1) is 42.3. The van der Waals surface area contributed by atoms with E-state index >= 15 is 0 Å². The highest BCUT2D eigenvalue weighted by atomic mass is 32.5. The second-order valence-corrected chi connectivity index (χ2v) is 26.2. The molecule has 8 atom stereocenters. The minimum Gasteiger partial charge on any atom is -0.369 e. The molecule has 4 unspecified atom stereocenters. The van der Waals surface area contributed by atoms with Crippen LogP contribution in [0.3, 0.4) is 0 Å². The molecule has 26 heteroatoms. The fourth-order valence-electron chi connectivity index (χ4n) is 10.9. The van der Waals surface area contributed by atoms with E-state index in [1.54, 1.807) is 47.8 Å². The van der Waals surface area contributed by atoms with Gasteiger partial charge in [-0.2, -0.15) is 10.5 Å². The number of aromatic nitrogens is 8. The summed E-state index contributed by atoms with van der Waals surface area (Å²) in [6.45, 7) is 4.69. The van der Waals surface area contributed by atoms with Gasteiger partial charge in [0.2, 0.25) is 0 Å². The maximum Gasteiger partial charge on any atom is 0.261 e. The van der Waals surface area contributed by atoms with Gasteiger partial charge in [0.15, 0.2) is 34.0 Å². The lowest BCUT2D eigenvalue weighted by atomic mass is 9.76. The lowest BCUT2D eigenvalue weighted by Crippen LogP contribution is -2.53. The van der Waals surface area contributed by atoms with Gasteiger partial charge in [-0.25, -0.2) is 44.7 Å². The van der Waals surface area contributed by atoms with E-state index in [4.69, 9.17) is 54.3 Å². The fourth-order valence-corrected chi connectivity index (χ4v) is 14.9. The number of hydrogen-bond acceptors (Lipinski definition) is 19. The predicted molar refractivity (Wildman–Crippen MR) is 335 cm³/mol. The van der Waals surface area contributed by atoms with Gasteiger partial charge >= 0.3 is 0 Å². The number of carbonyl (C=O) groups excluding carboxylic acids is 1.